The molecular formula is C13H20ClN3O3S. The van der Waals surface area contributed by atoms with Crippen LogP contribution in [0.15, 0.2) is 17.2 Å². The molecule has 0 spiro atoms. The van der Waals surface area contributed by atoms with Crippen molar-refractivity contribution in [1.29, 1.82) is 0 Å². The highest BCUT2D eigenvalue weighted by molar-refractivity contribution is 7.89. The van der Waals surface area contributed by atoms with E-state index in [-0.39, 0.29) is 11.0 Å². The molecule has 118 valence electrons. The van der Waals surface area contributed by atoms with Gasteiger partial charge in [-0.15, -0.1) is 0 Å². The molecule has 0 bridgehead atoms. The molecular weight excluding hydrogens is 314 g/mol. The van der Waals surface area contributed by atoms with Gasteiger partial charge in [-0.05, 0) is 19.4 Å². The molecule has 0 saturated carbocycles. The Kier molecular flexibility index (Phi) is 5.43. The summed E-state index contributed by atoms with van der Waals surface area (Å²) < 4.78 is 31.9. The van der Waals surface area contributed by atoms with E-state index in [0.717, 1.165) is 13.0 Å². The van der Waals surface area contributed by atoms with Crippen LogP contribution in [0.2, 0.25) is 5.02 Å². The van der Waals surface area contributed by atoms with Crippen molar-refractivity contribution in [2.45, 2.75) is 31.3 Å². The number of nitrogens with zero attached hydrogens (tertiary/aromatic N) is 2. The van der Waals surface area contributed by atoms with Crippen LogP contribution >= 0.6 is 11.6 Å². The molecule has 1 N–H and O–H groups in total. The highest BCUT2D eigenvalue weighted by Crippen LogP contribution is 2.25. The maximum absolute atomic E-state index is 12.6. The molecule has 6 nitrogen and oxygen atoms in total. The van der Waals surface area contributed by atoms with Crippen molar-refractivity contribution in [2.24, 2.45) is 0 Å². The molecule has 1 aromatic rings. The van der Waals surface area contributed by atoms with Crippen molar-refractivity contribution in [3.05, 3.63) is 17.3 Å². The average Bonchev–Trinajstić information content (AvgIpc) is 2.46. The largest absolute Gasteiger partial charge is 0.376 e. The molecule has 1 saturated heterocycles. The fraction of sp³-hybridized carbons (Fsp3) is 0.615. The SMILES string of the molecule is CCCNc1ncc(S(=O)(=O)N2CCOC(C)C2)cc1Cl. The lowest BCUT2D eigenvalue weighted by molar-refractivity contribution is 0.0102. The van der Waals surface area contributed by atoms with Crippen LogP contribution in [0.3, 0.4) is 0 Å². The topological polar surface area (TPSA) is 71.5 Å². The number of morpholine rings is 1. The Labute approximate surface area is 130 Å². The summed E-state index contributed by atoms with van der Waals surface area (Å²) in [5, 5.41) is 3.37. The van der Waals surface area contributed by atoms with Crippen molar-refractivity contribution in [1.82, 2.24) is 9.29 Å². The van der Waals surface area contributed by atoms with E-state index < -0.39 is 10.0 Å². The number of aromatic nitrogens is 1. The van der Waals surface area contributed by atoms with Gasteiger partial charge in [-0.1, -0.05) is 18.5 Å². The summed E-state index contributed by atoms with van der Waals surface area (Å²) in [5.41, 5.74) is 0. The zero-order valence-corrected chi connectivity index (χ0v) is 13.7. The van der Waals surface area contributed by atoms with Gasteiger partial charge in [0.15, 0.2) is 0 Å². The summed E-state index contributed by atoms with van der Waals surface area (Å²) in [6, 6.07) is 1.45. The van der Waals surface area contributed by atoms with Gasteiger partial charge >= 0.3 is 0 Å². The number of halogens is 1. The van der Waals surface area contributed by atoms with Crippen LogP contribution in [0.5, 0.6) is 0 Å². The number of rotatable bonds is 5. The molecule has 1 aliphatic rings. The molecule has 1 atom stereocenters. The minimum Gasteiger partial charge on any atom is -0.376 e. The molecule has 1 aliphatic heterocycles. The Hall–Kier alpha value is -0.890. The zero-order chi connectivity index (χ0) is 15.5. The summed E-state index contributed by atoms with van der Waals surface area (Å²) in [7, 11) is -3.58. The molecule has 0 amide bonds. The van der Waals surface area contributed by atoms with Crippen LogP contribution in [0.4, 0.5) is 5.82 Å². The Balaban J connectivity index is 2.22. The molecule has 0 radical (unpaired) electrons. The van der Waals surface area contributed by atoms with Crippen LogP contribution in [-0.2, 0) is 14.8 Å². The maximum atomic E-state index is 12.6. The Morgan fingerprint density at radius 1 is 1.57 bits per heavy atom. The minimum atomic E-state index is -3.58. The maximum Gasteiger partial charge on any atom is 0.244 e. The first kappa shape index (κ1) is 16.5. The number of anilines is 1. The molecule has 1 unspecified atom stereocenters. The summed E-state index contributed by atoms with van der Waals surface area (Å²) >= 11 is 6.11. The second-order valence-corrected chi connectivity index (χ2v) is 7.32. The van der Waals surface area contributed by atoms with E-state index >= 15 is 0 Å². The van der Waals surface area contributed by atoms with E-state index in [9.17, 15) is 8.42 Å². The highest BCUT2D eigenvalue weighted by Gasteiger charge is 2.29. The lowest BCUT2D eigenvalue weighted by Gasteiger charge is -2.30. The molecule has 1 fully saturated rings. The number of hydrogen-bond donors (Lipinski definition) is 1. The van der Waals surface area contributed by atoms with Gasteiger partial charge in [0.2, 0.25) is 10.0 Å². The normalized spacial score (nSPS) is 20.4. The van der Waals surface area contributed by atoms with Gasteiger partial charge in [0.1, 0.15) is 10.7 Å². The third-order valence-corrected chi connectivity index (χ3v) is 5.32. The van der Waals surface area contributed by atoms with Gasteiger partial charge in [-0.2, -0.15) is 4.31 Å². The Bertz CT molecular complexity index is 594. The fourth-order valence-electron chi connectivity index (χ4n) is 2.09. The summed E-state index contributed by atoms with van der Waals surface area (Å²) in [6.45, 7) is 5.71. The number of hydrogen-bond acceptors (Lipinski definition) is 5. The molecule has 2 rings (SSSR count). The van der Waals surface area contributed by atoms with E-state index in [0.29, 0.717) is 30.5 Å². The van der Waals surface area contributed by atoms with E-state index in [2.05, 4.69) is 10.3 Å². The van der Waals surface area contributed by atoms with E-state index in [1.807, 2.05) is 13.8 Å². The smallest absolute Gasteiger partial charge is 0.244 e. The van der Waals surface area contributed by atoms with E-state index in [1.165, 1.54) is 16.6 Å². The molecule has 8 heteroatoms. The number of ether oxygens (including phenoxy) is 1. The second kappa shape index (κ2) is 6.91. The highest BCUT2D eigenvalue weighted by atomic mass is 35.5. The van der Waals surface area contributed by atoms with Gasteiger partial charge in [0, 0.05) is 25.8 Å². The molecule has 21 heavy (non-hydrogen) atoms. The monoisotopic (exact) mass is 333 g/mol. The van der Waals surface area contributed by atoms with Crippen molar-refractivity contribution in [3.8, 4) is 0 Å². The summed E-state index contributed by atoms with van der Waals surface area (Å²) in [4.78, 5) is 4.23. The van der Waals surface area contributed by atoms with Crippen LogP contribution in [0, 0.1) is 0 Å². The lowest BCUT2D eigenvalue weighted by Crippen LogP contribution is -2.44. The molecule has 2 heterocycles. The zero-order valence-electron chi connectivity index (χ0n) is 12.2. The Morgan fingerprint density at radius 3 is 2.95 bits per heavy atom. The molecule has 0 aromatic carbocycles. The third-order valence-electron chi connectivity index (χ3n) is 3.20. The van der Waals surface area contributed by atoms with Gasteiger partial charge in [-0.3, -0.25) is 0 Å². The average molecular weight is 334 g/mol. The first-order valence-corrected chi connectivity index (χ1v) is 8.78. The lowest BCUT2D eigenvalue weighted by atomic mass is 10.3. The summed E-state index contributed by atoms with van der Waals surface area (Å²) in [5.74, 6) is 0.507. The van der Waals surface area contributed by atoms with Crippen LogP contribution in [0.1, 0.15) is 20.3 Å². The van der Waals surface area contributed by atoms with Crippen molar-refractivity contribution < 1.29 is 13.2 Å². The van der Waals surface area contributed by atoms with E-state index in [1.54, 1.807) is 0 Å². The standard InChI is InChI=1S/C13H20ClN3O3S/c1-3-4-15-13-12(14)7-11(8-16-13)21(18,19)17-5-6-20-10(2)9-17/h7-8,10H,3-6,9H2,1-2H3,(H,15,16). The molecule has 1 aromatic heterocycles. The minimum absolute atomic E-state index is 0.109. The Morgan fingerprint density at radius 2 is 2.33 bits per heavy atom. The third kappa shape index (κ3) is 3.85. The number of pyridine rings is 1. The molecule has 0 aliphatic carbocycles. The first-order valence-electron chi connectivity index (χ1n) is 6.96. The van der Waals surface area contributed by atoms with Crippen molar-refractivity contribution in [3.63, 3.8) is 0 Å². The first-order chi connectivity index (χ1) is 9.95. The quantitative estimate of drug-likeness (QED) is 0.892. The summed E-state index contributed by atoms with van der Waals surface area (Å²) in [6.07, 6.45) is 2.17. The van der Waals surface area contributed by atoms with Gasteiger partial charge in [0.25, 0.3) is 0 Å². The fourth-order valence-corrected chi connectivity index (χ4v) is 3.86. The van der Waals surface area contributed by atoms with Crippen LogP contribution in [0.25, 0.3) is 0 Å². The van der Waals surface area contributed by atoms with Crippen LogP contribution in [-0.4, -0.2) is 50.1 Å². The van der Waals surface area contributed by atoms with Crippen molar-refractivity contribution >= 4 is 27.4 Å². The van der Waals surface area contributed by atoms with Gasteiger partial charge in [0.05, 0.1) is 17.7 Å². The number of nitrogens with one attached hydrogen (secondary N) is 1. The van der Waals surface area contributed by atoms with Crippen molar-refractivity contribution in [2.75, 3.05) is 31.6 Å². The number of sulfonamides is 1. The van der Waals surface area contributed by atoms with Gasteiger partial charge < -0.3 is 10.1 Å². The van der Waals surface area contributed by atoms with Gasteiger partial charge in [-0.25, -0.2) is 13.4 Å². The second-order valence-electron chi connectivity index (χ2n) is 4.97. The predicted octanol–water partition coefficient (Wildman–Crippen LogP) is 1.97. The van der Waals surface area contributed by atoms with E-state index in [4.69, 9.17) is 16.3 Å². The van der Waals surface area contributed by atoms with Crippen LogP contribution < -0.4 is 5.32 Å². The predicted molar refractivity (Wildman–Crippen MR) is 82.2 cm³/mol.